The van der Waals surface area contributed by atoms with Crippen LogP contribution in [0.2, 0.25) is 0 Å². The van der Waals surface area contributed by atoms with E-state index in [-0.39, 0.29) is 6.54 Å². The van der Waals surface area contributed by atoms with Crippen molar-refractivity contribution in [3.63, 3.8) is 0 Å². The molecular weight excluding hydrogens is 158 g/mol. The van der Waals surface area contributed by atoms with E-state index in [1.165, 1.54) is 0 Å². The second-order valence-electron chi connectivity index (χ2n) is 2.42. The van der Waals surface area contributed by atoms with Crippen molar-refractivity contribution in [1.82, 2.24) is 16.0 Å². The topological polar surface area (TPSA) is 73.4 Å². The molecule has 1 aliphatic heterocycles. The first-order valence-corrected chi connectivity index (χ1v) is 4.05. The van der Waals surface area contributed by atoms with E-state index in [0.29, 0.717) is 0 Å². The molecule has 5 heteroatoms. The van der Waals surface area contributed by atoms with Gasteiger partial charge < -0.3 is 21.1 Å². The molecule has 0 aliphatic carbocycles. The number of hydrogen-bond donors (Lipinski definition) is 4. The van der Waals surface area contributed by atoms with Crippen LogP contribution in [0.5, 0.6) is 0 Å². The zero-order valence-corrected chi connectivity index (χ0v) is 7.39. The van der Waals surface area contributed by atoms with E-state index in [1.54, 1.807) is 7.05 Å². The lowest BCUT2D eigenvalue weighted by atomic mass is 10.4. The molecule has 0 radical (unpaired) electrons. The Morgan fingerprint density at radius 2 is 1.75 bits per heavy atom. The summed E-state index contributed by atoms with van der Waals surface area (Å²) in [6, 6.07) is 0. The van der Waals surface area contributed by atoms with Crippen LogP contribution < -0.4 is 16.0 Å². The molecule has 0 atom stereocenters. The molecule has 0 spiro atoms. The van der Waals surface area contributed by atoms with Crippen molar-refractivity contribution < 1.29 is 9.90 Å². The number of hydrogen-bond acceptors (Lipinski definition) is 4. The first-order chi connectivity index (χ1) is 5.77. The maximum absolute atomic E-state index is 9.54. The molecule has 1 heterocycles. The first-order valence-electron chi connectivity index (χ1n) is 4.05. The minimum Gasteiger partial charge on any atom is -0.480 e. The van der Waals surface area contributed by atoms with Crippen LogP contribution in [-0.2, 0) is 4.79 Å². The summed E-state index contributed by atoms with van der Waals surface area (Å²) in [6.45, 7) is 4.60. The second kappa shape index (κ2) is 8.45. The van der Waals surface area contributed by atoms with E-state index >= 15 is 0 Å². The quantitative estimate of drug-likeness (QED) is 0.410. The summed E-state index contributed by atoms with van der Waals surface area (Å²) in [5.74, 6) is -0.822. The molecule has 0 bridgehead atoms. The highest BCUT2D eigenvalue weighted by atomic mass is 16.4. The van der Waals surface area contributed by atoms with Crippen LogP contribution in [0.25, 0.3) is 0 Å². The summed E-state index contributed by atoms with van der Waals surface area (Å²) in [7, 11) is 1.59. The SMILES string of the molecule is C1CNCCN1.CNCC(=O)O. The van der Waals surface area contributed by atoms with Crippen molar-refractivity contribution in [2.24, 2.45) is 0 Å². The third-order valence-corrected chi connectivity index (χ3v) is 1.29. The monoisotopic (exact) mass is 175 g/mol. The van der Waals surface area contributed by atoms with Gasteiger partial charge in [-0.05, 0) is 7.05 Å². The van der Waals surface area contributed by atoms with Crippen molar-refractivity contribution in [1.29, 1.82) is 0 Å². The standard InChI is InChI=1S/C4H10N2.C3H7NO2/c1-2-6-4-3-5-1;1-4-2-3(5)6/h5-6H,1-4H2;4H,2H2,1H3,(H,5,6). The van der Waals surface area contributed by atoms with Gasteiger partial charge in [-0.25, -0.2) is 0 Å². The lowest BCUT2D eigenvalue weighted by Gasteiger charge is -2.11. The second-order valence-corrected chi connectivity index (χ2v) is 2.42. The van der Waals surface area contributed by atoms with Gasteiger partial charge in [-0.1, -0.05) is 0 Å². The van der Waals surface area contributed by atoms with Gasteiger partial charge in [-0.3, -0.25) is 4.79 Å². The Labute approximate surface area is 72.5 Å². The molecule has 1 saturated heterocycles. The number of carboxylic acid groups (broad SMARTS) is 1. The molecule has 0 aromatic rings. The van der Waals surface area contributed by atoms with Crippen molar-refractivity contribution in [2.45, 2.75) is 0 Å². The fourth-order valence-electron chi connectivity index (χ4n) is 0.755. The van der Waals surface area contributed by atoms with Crippen LogP contribution in [0.1, 0.15) is 0 Å². The third kappa shape index (κ3) is 9.35. The summed E-state index contributed by atoms with van der Waals surface area (Å²) in [5.41, 5.74) is 0. The van der Waals surface area contributed by atoms with Gasteiger partial charge in [-0.15, -0.1) is 0 Å². The number of carbonyl (C=O) groups is 1. The normalized spacial score (nSPS) is 16.1. The maximum atomic E-state index is 9.54. The highest BCUT2D eigenvalue weighted by Crippen LogP contribution is 1.65. The number of likely N-dealkylation sites (N-methyl/N-ethyl adjacent to an activating group) is 1. The van der Waals surface area contributed by atoms with Crippen molar-refractivity contribution in [3.05, 3.63) is 0 Å². The lowest BCUT2D eigenvalue weighted by molar-refractivity contribution is -0.135. The van der Waals surface area contributed by atoms with Crippen molar-refractivity contribution >= 4 is 5.97 Å². The van der Waals surface area contributed by atoms with Gasteiger partial charge in [-0.2, -0.15) is 0 Å². The molecule has 72 valence electrons. The predicted octanol–water partition coefficient (Wildman–Crippen LogP) is -1.53. The average Bonchev–Trinajstić information content (AvgIpc) is 2.08. The van der Waals surface area contributed by atoms with E-state index in [1.807, 2.05) is 0 Å². The number of aliphatic carboxylic acids is 1. The average molecular weight is 175 g/mol. The smallest absolute Gasteiger partial charge is 0.317 e. The van der Waals surface area contributed by atoms with Crippen molar-refractivity contribution in [2.75, 3.05) is 39.8 Å². The zero-order chi connectivity index (χ0) is 9.23. The fourth-order valence-corrected chi connectivity index (χ4v) is 0.755. The number of rotatable bonds is 2. The summed E-state index contributed by atoms with van der Waals surface area (Å²) in [5, 5.41) is 16.8. The molecule has 0 saturated carbocycles. The molecule has 0 aromatic heterocycles. The van der Waals surface area contributed by atoms with E-state index in [4.69, 9.17) is 5.11 Å². The Hall–Kier alpha value is -0.650. The Morgan fingerprint density at radius 3 is 1.83 bits per heavy atom. The molecule has 4 N–H and O–H groups in total. The number of piperazine rings is 1. The van der Waals surface area contributed by atoms with Gasteiger partial charge in [0.15, 0.2) is 0 Å². The molecular formula is C7H17N3O2. The van der Waals surface area contributed by atoms with E-state index in [2.05, 4.69) is 16.0 Å². The van der Waals surface area contributed by atoms with Crippen LogP contribution in [0.4, 0.5) is 0 Å². The molecule has 0 aromatic carbocycles. The van der Waals surface area contributed by atoms with Crippen LogP contribution >= 0.6 is 0 Å². The molecule has 1 aliphatic rings. The minimum atomic E-state index is -0.822. The minimum absolute atomic E-state index is 0.0417. The van der Waals surface area contributed by atoms with Gasteiger partial charge >= 0.3 is 5.97 Å². The molecule has 1 rings (SSSR count). The Kier molecular flexibility index (Phi) is 7.99. The zero-order valence-electron chi connectivity index (χ0n) is 7.39. The predicted molar refractivity (Wildman–Crippen MR) is 47.3 cm³/mol. The Morgan fingerprint density at radius 1 is 1.33 bits per heavy atom. The summed E-state index contributed by atoms with van der Waals surface area (Å²) in [4.78, 5) is 9.54. The number of carboxylic acids is 1. The largest absolute Gasteiger partial charge is 0.480 e. The summed E-state index contributed by atoms with van der Waals surface area (Å²) < 4.78 is 0. The lowest BCUT2D eigenvalue weighted by Crippen LogP contribution is -2.39. The van der Waals surface area contributed by atoms with E-state index in [0.717, 1.165) is 26.2 Å². The van der Waals surface area contributed by atoms with Gasteiger partial charge in [0.2, 0.25) is 0 Å². The van der Waals surface area contributed by atoms with Gasteiger partial charge in [0.05, 0.1) is 6.54 Å². The van der Waals surface area contributed by atoms with Gasteiger partial charge in [0.25, 0.3) is 0 Å². The molecule has 0 unspecified atom stereocenters. The molecule has 0 amide bonds. The van der Waals surface area contributed by atoms with Crippen LogP contribution in [-0.4, -0.2) is 50.8 Å². The summed E-state index contributed by atoms with van der Waals surface area (Å²) >= 11 is 0. The Balaban J connectivity index is 0.000000202. The third-order valence-electron chi connectivity index (χ3n) is 1.29. The highest BCUT2D eigenvalue weighted by molar-refractivity contribution is 5.68. The molecule has 5 nitrogen and oxygen atoms in total. The van der Waals surface area contributed by atoms with Gasteiger partial charge in [0, 0.05) is 26.2 Å². The van der Waals surface area contributed by atoms with Gasteiger partial charge in [0.1, 0.15) is 0 Å². The van der Waals surface area contributed by atoms with E-state index in [9.17, 15) is 4.79 Å². The van der Waals surface area contributed by atoms with E-state index < -0.39 is 5.97 Å². The number of nitrogens with one attached hydrogen (secondary N) is 3. The molecule has 12 heavy (non-hydrogen) atoms. The van der Waals surface area contributed by atoms with Crippen LogP contribution in [0, 0.1) is 0 Å². The van der Waals surface area contributed by atoms with Crippen LogP contribution in [0.15, 0.2) is 0 Å². The Bertz CT molecular complexity index is 104. The van der Waals surface area contributed by atoms with Crippen LogP contribution in [0.3, 0.4) is 0 Å². The summed E-state index contributed by atoms with van der Waals surface area (Å²) in [6.07, 6.45) is 0. The van der Waals surface area contributed by atoms with Crippen molar-refractivity contribution in [3.8, 4) is 0 Å². The molecule has 1 fully saturated rings. The maximum Gasteiger partial charge on any atom is 0.317 e. The highest BCUT2D eigenvalue weighted by Gasteiger charge is 1.91. The fraction of sp³-hybridized carbons (Fsp3) is 0.857. The first kappa shape index (κ1) is 11.4.